The van der Waals surface area contributed by atoms with Gasteiger partial charge in [-0.25, -0.2) is 4.79 Å². The minimum absolute atomic E-state index is 0.218. The van der Waals surface area contributed by atoms with E-state index >= 15 is 0 Å². The molecule has 0 saturated carbocycles. The Morgan fingerprint density at radius 3 is 2.88 bits per heavy atom. The Labute approximate surface area is 104 Å². The van der Waals surface area contributed by atoms with Crippen molar-refractivity contribution in [3.05, 3.63) is 29.3 Å². The summed E-state index contributed by atoms with van der Waals surface area (Å²) in [5, 5.41) is 9.60. The zero-order valence-electron chi connectivity index (χ0n) is 9.51. The maximum absolute atomic E-state index is 11.0. The number of carboxylic acids is 1. The third-order valence-electron chi connectivity index (χ3n) is 2.59. The number of aromatic carboxylic acids is 1. The highest BCUT2D eigenvalue weighted by Gasteiger charge is 2.19. The Morgan fingerprint density at radius 2 is 2.35 bits per heavy atom. The molecule has 0 radical (unpaired) electrons. The maximum Gasteiger partial charge on any atom is 0.339 e. The van der Waals surface area contributed by atoms with Crippen molar-refractivity contribution in [1.29, 1.82) is 0 Å². The SMILES string of the molecule is COc1ccc(CSC2COC2)cc1C(=O)O. The van der Waals surface area contributed by atoms with Crippen LogP contribution in [0, 0.1) is 0 Å². The molecule has 2 rings (SSSR count). The molecule has 4 nitrogen and oxygen atoms in total. The number of carboxylic acid groups (broad SMARTS) is 1. The number of rotatable bonds is 5. The summed E-state index contributed by atoms with van der Waals surface area (Å²) in [6, 6.07) is 5.28. The predicted molar refractivity (Wildman–Crippen MR) is 65.9 cm³/mol. The average Bonchev–Trinajstić information content (AvgIpc) is 2.26. The first-order valence-electron chi connectivity index (χ1n) is 5.30. The second-order valence-electron chi connectivity index (χ2n) is 3.81. The van der Waals surface area contributed by atoms with Crippen LogP contribution in [-0.4, -0.2) is 36.6 Å². The van der Waals surface area contributed by atoms with Crippen molar-refractivity contribution in [2.75, 3.05) is 20.3 Å². The predicted octanol–water partition coefficient (Wildman–Crippen LogP) is 2.03. The molecule has 0 aromatic heterocycles. The van der Waals surface area contributed by atoms with Crippen LogP contribution in [0.5, 0.6) is 5.75 Å². The summed E-state index contributed by atoms with van der Waals surface area (Å²) in [6.45, 7) is 1.60. The third-order valence-corrected chi connectivity index (χ3v) is 3.83. The van der Waals surface area contributed by atoms with Gasteiger partial charge in [-0.05, 0) is 17.7 Å². The fraction of sp³-hybridized carbons (Fsp3) is 0.417. The first-order valence-corrected chi connectivity index (χ1v) is 6.35. The van der Waals surface area contributed by atoms with Crippen LogP contribution < -0.4 is 4.74 Å². The standard InChI is InChI=1S/C12H14O4S/c1-15-11-3-2-8(4-10(11)12(13)14)7-17-9-5-16-6-9/h2-4,9H,5-7H2,1H3,(H,13,14). The van der Waals surface area contributed by atoms with Gasteiger partial charge in [-0.2, -0.15) is 0 Å². The van der Waals surface area contributed by atoms with Gasteiger partial charge < -0.3 is 14.6 Å². The molecule has 0 atom stereocenters. The molecule has 1 saturated heterocycles. The minimum atomic E-state index is -0.958. The van der Waals surface area contributed by atoms with Gasteiger partial charge in [0.1, 0.15) is 11.3 Å². The van der Waals surface area contributed by atoms with Crippen molar-refractivity contribution in [1.82, 2.24) is 0 Å². The van der Waals surface area contributed by atoms with E-state index in [1.54, 1.807) is 23.9 Å². The smallest absolute Gasteiger partial charge is 0.339 e. The molecule has 0 unspecified atom stereocenters. The number of benzene rings is 1. The van der Waals surface area contributed by atoms with E-state index in [2.05, 4.69) is 0 Å². The Kier molecular flexibility index (Phi) is 3.91. The zero-order valence-corrected chi connectivity index (χ0v) is 10.3. The van der Waals surface area contributed by atoms with Crippen LogP contribution in [0.4, 0.5) is 0 Å². The van der Waals surface area contributed by atoms with E-state index < -0.39 is 5.97 Å². The van der Waals surface area contributed by atoms with E-state index in [0.29, 0.717) is 11.0 Å². The number of thioether (sulfide) groups is 1. The number of hydrogen-bond donors (Lipinski definition) is 1. The Hall–Kier alpha value is -1.20. The molecule has 0 spiro atoms. The normalized spacial score (nSPS) is 15.4. The maximum atomic E-state index is 11.0. The largest absolute Gasteiger partial charge is 0.496 e. The van der Waals surface area contributed by atoms with E-state index in [-0.39, 0.29) is 5.56 Å². The van der Waals surface area contributed by atoms with Gasteiger partial charge in [0.15, 0.2) is 0 Å². The molecule has 1 N–H and O–H groups in total. The van der Waals surface area contributed by atoms with Crippen molar-refractivity contribution in [3.63, 3.8) is 0 Å². The number of hydrogen-bond acceptors (Lipinski definition) is 4. The molecule has 1 aromatic carbocycles. The number of ether oxygens (including phenoxy) is 2. The molecule has 1 aromatic rings. The van der Waals surface area contributed by atoms with E-state index in [4.69, 9.17) is 14.6 Å². The quantitative estimate of drug-likeness (QED) is 0.871. The summed E-state index contributed by atoms with van der Waals surface area (Å²) in [6.07, 6.45) is 0. The van der Waals surface area contributed by atoms with Crippen LogP contribution in [0.2, 0.25) is 0 Å². The summed E-state index contributed by atoms with van der Waals surface area (Å²) >= 11 is 1.79. The molecule has 1 aliphatic rings. The van der Waals surface area contributed by atoms with Crippen molar-refractivity contribution in [2.45, 2.75) is 11.0 Å². The van der Waals surface area contributed by atoms with Gasteiger partial charge in [0.2, 0.25) is 0 Å². The topological polar surface area (TPSA) is 55.8 Å². The van der Waals surface area contributed by atoms with Gasteiger partial charge in [0.05, 0.1) is 25.6 Å². The van der Waals surface area contributed by atoms with Gasteiger partial charge >= 0.3 is 5.97 Å². The van der Waals surface area contributed by atoms with E-state index in [1.807, 2.05) is 6.07 Å². The summed E-state index contributed by atoms with van der Waals surface area (Å²) in [4.78, 5) is 11.0. The molecule has 1 heterocycles. The molecule has 0 aliphatic carbocycles. The number of carbonyl (C=O) groups is 1. The van der Waals surface area contributed by atoms with Crippen LogP contribution in [-0.2, 0) is 10.5 Å². The van der Waals surface area contributed by atoms with E-state index in [0.717, 1.165) is 24.5 Å². The highest BCUT2D eigenvalue weighted by molar-refractivity contribution is 7.99. The third kappa shape index (κ3) is 2.92. The molecule has 1 aliphatic heterocycles. The average molecular weight is 254 g/mol. The van der Waals surface area contributed by atoms with Crippen LogP contribution >= 0.6 is 11.8 Å². The molecular formula is C12H14O4S. The van der Waals surface area contributed by atoms with Gasteiger partial charge in [-0.3, -0.25) is 0 Å². The lowest BCUT2D eigenvalue weighted by molar-refractivity contribution is 0.0455. The first-order chi connectivity index (χ1) is 8.20. The molecule has 17 heavy (non-hydrogen) atoms. The fourth-order valence-electron chi connectivity index (χ4n) is 1.54. The monoisotopic (exact) mass is 254 g/mol. The van der Waals surface area contributed by atoms with Crippen molar-refractivity contribution in [2.24, 2.45) is 0 Å². The highest BCUT2D eigenvalue weighted by Crippen LogP contribution is 2.26. The molecular weight excluding hydrogens is 240 g/mol. The summed E-state index contributed by atoms with van der Waals surface area (Å²) in [5.41, 5.74) is 1.22. The Bertz CT molecular complexity index is 415. The van der Waals surface area contributed by atoms with Crippen LogP contribution in [0.15, 0.2) is 18.2 Å². The lowest BCUT2D eigenvalue weighted by Gasteiger charge is -2.25. The Morgan fingerprint density at radius 1 is 1.59 bits per heavy atom. The van der Waals surface area contributed by atoms with Gasteiger partial charge in [0, 0.05) is 5.75 Å². The lowest BCUT2D eigenvalue weighted by atomic mass is 10.1. The Balaban J connectivity index is 2.06. The van der Waals surface area contributed by atoms with Gasteiger partial charge in [-0.1, -0.05) is 6.07 Å². The van der Waals surface area contributed by atoms with Gasteiger partial charge in [-0.15, -0.1) is 11.8 Å². The van der Waals surface area contributed by atoms with E-state index in [1.165, 1.54) is 7.11 Å². The minimum Gasteiger partial charge on any atom is -0.496 e. The van der Waals surface area contributed by atoms with Crippen LogP contribution in [0.3, 0.4) is 0 Å². The summed E-state index contributed by atoms with van der Waals surface area (Å²) in [5.74, 6) is 0.247. The number of methoxy groups -OCH3 is 1. The fourth-order valence-corrected chi connectivity index (χ4v) is 2.53. The van der Waals surface area contributed by atoms with E-state index in [9.17, 15) is 4.79 Å². The molecule has 0 bridgehead atoms. The first kappa shape index (κ1) is 12.3. The zero-order chi connectivity index (χ0) is 12.3. The molecule has 92 valence electrons. The molecule has 0 amide bonds. The summed E-state index contributed by atoms with van der Waals surface area (Å²) < 4.78 is 10.1. The highest BCUT2D eigenvalue weighted by atomic mass is 32.2. The van der Waals surface area contributed by atoms with Gasteiger partial charge in [0.25, 0.3) is 0 Å². The molecule has 1 fully saturated rings. The second kappa shape index (κ2) is 5.42. The summed E-state index contributed by atoms with van der Waals surface area (Å²) in [7, 11) is 1.47. The second-order valence-corrected chi connectivity index (χ2v) is 5.10. The lowest BCUT2D eigenvalue weighted by Crippen LogP contribution is -2.30. The van der Waals surface area contributed by atoms with Crippen molar-refractivity contribution < 1.29 is 19.4 Å². The van der Waals surface area contributed by atoms with Crippen LogP contribution in [0.1, 0.15) is 15.9 Å². The van der Waals surface area contributed by atoms with Crippen molar-refractivity contribution >= 4 is 17.7 Å². The van der Waals surface area contributed by atoms with Crippen LogP contribution in [0.25, 0.3) is 0 Å². The molecule has 5 heteroatoms. The van der Waals surface area contributed by atoms with Crippen molar-refractivity contribution in [3.8, 4) is 5.75 Å².